The van der Waals surface area contributed by atoms with Crippen LogP contribution < -0.4 is 4.74 Å². The molecule has 6 nitrogen and oxygen atoms in total. The number of methoxy groups -OCH3 is 1. The minimum absolute atomic E-state index is 0.323. The first-order chi connectivity index (χ1) is 16.0. The summed E-state index contributed by atoms with van der Waals surface area (Å²) in [6.07, 6.45) is -0.275. The molecule has 0 amide bonds. The number of nitriles is 1. The minimum Gasteiger partial charge on any atom is -0.459 e. The highest BCUT2D eigenvalue weighted by atomic mass is 79.9. The maximum absolute atomic E-state index is 15.1. The van der Waals surface area contributed by atoms with Crippen LogP contribution in [-0.4, -0.2) is 34.4 Å². The summed E-state index contributed by atoms with van der Waals surface area (Å²) < 4.78 is 28.9. The Morgan fingerprint density at radius 2 is 2.00 bits per heavy atom. The molecule has 0 radical (unpaired) electrons. The Balaban J connectivity index is 1.63. The number of ether oxygens (including phenoxy) is 2. The van der Waals surface area contributed by atoms with Crippen LogP contribution in [0.1, 0.15) is 18.3 Å². The molecule has 2 heterocycles. The highest BCUT2D eigenvalue weighted by Crippen LogP contribution is 2.26. The molecule has 168 valence electrons. The minimum atomic E-state index is -0.621. The molecule has 0 bridgehead atoms. The van der Waals surface area contributed by atoms with Crippen molar-refractivity contribution in [2.24, 2.45) is 0 Å². The third-order valence-corrected chi connectivity index (χ3v) is 5.70. The van der Waals surface area contributed by atoms with E-state index in [0.29, 0.717) is 42.3 Å². The van der Waals surface area contributed by atoms with Gasteiger partial charge in [-0.05, 0) is 42.8 Å². The summed E-state index contributed by atoms with van der Waals surface area (Å²) in [5.74, 6) is 0.757. The number of hydrogen-bond acceptors (Lipinski definition) is 5. The molecule has 0 N–H and O–H groups in total. The smallest absolute Gasteiger partial charge is 0.215 e. The van der Waals surface area contributed by atoms with Gasteiger partial charge >= 0.3 is 0 Å². The van der Waals surface area contributed by atoms with Crippen molar-refractivity contribution in [3.63, 3.8) is 0 Å². The molecule has 4 aromatic rings. The van der Waals surface area contributed by atoms with E-state index in [1.54, 1.807) is 38.3 Å². The first-order valence-corrected chi connectivity index (χ1v) is 11.2. The first-order valence-electron chi connectivity index (χ1n) is 10.4. The fraction of sp³-hybridized carbons (Fsp3) is 0.240. The van der Waals surface area contributed by atoms with E-state index in [4.69, 9.17) is 19.7 Å². The van der Waals surface area contributed by atoms with Crippen LogP contribution >= 0.6 is 15.9 Å². The van der Waals surface area contributed by atoms with E-state index in [1.165, 1.54) is 6.07 Å². The van der Waals surface area contributed by atoms with E-state index in [-0.39, 0.29) is 5.82 Å². The molecule has 33 heavy (non-hydrogen) atoms. The predicted octanol–water partition coefficient (Wildman–Crippen LogP) is 5.53. The molecule has 0 fully saturated rings. The fourth-order valence-corrected chi connectivity index (χ4v) is 3.93. The second kappa shape index (κ2) is 10.1. The van der Waals surface area contributed by atoms with Crippen molar-refractivity contribution in [1.82, 2.24) is 14.5 Å². The van der Waals surface area contributed by atoms with Gasteiger partial charge in [-0.3, -0.25) is 0 Å². The molecule has 0 aliphatic heterocycles. The number of hydrogen-bond donors (Lipinski definition) is 0. The Hall–Kier alpha value is -3.28. The van der Waals surface area contributed by atoms with Crippen molar-refractivity contribution in [3.8, 4) is 23.2 Å². The second-order valence-corrected chi connectivity index (χ2v) is 8.45. The lowest BCUT2D eigenvalue weighted by molar-refractivity contribution is 0.187. The van der Waals surface area contributed by atoms with Crippen LogP contribution in [0.3, 0.4) is 0 Å². The highest BCUT2D eigenvalue weighted by Gasteiger charge is 2.15. The van der Waals surface area contributed by atoms with E-state index in [0.717, 1.165) is 21.3 Å². The van der Waals surface area contributed by atoms with Gasteiger partial charge in [0.15, 0.2) is 6.10 Å². The zero-order valence-electron chi connectivity index (χ0n) is 18.3. The average molecular weight is 509 g/mol. The van der Waals surface area contributed by atoms with Gasteiger partial charge in [0.2, 0.25) is 5.88 Å². The molecule has 0 saturated heterocycles. The van der Waals surface area contributed by atoms with Crippen LogP contribution in [0.4, 0.5) is 4.39 Å². The Morgan fingerprint density at radius 1 is 1.15 bits per heavy atom. The van der Waals surface area contributed by atoms with Crippen LogP contribution in [0.5, 0.6) is 5.88 Å². The lowest BCUT2D eigenvalue weighted by Crippen LogP contribution is -2.10. The molecular formula is C25H22BrFN4O2. The van der Waals surface area contributed by atoms with Crippen LogP contribution in [0, 0.1) is 17.1 Å². The maximum atomic E-state index is 15.1. The summed E-state index contributed by atoms with van der Waals surface area (Å²) in [4.78, 5) is 9.13. The standard InChI is InChI=1S/C25H22BrFN4O2/c1-16(15-28)33-25-5-3-4-21(30-25)18-7-6-17(20(27)12-18)13-24-29-22-9-8-19(26)14-23(22)31(24)10-11-32-2/h3-9,12,14,16H,10-11,13H2,1-2H3. The molecule has 8 heteroatoms. The van der Waals surface area contributed by atoms with E-state index in [9.17, 15) is 0 Å². The van der Waals surface area contributed by atoms with Gasteiger partial charge in [0, 0.05) is 36.2 Å². The van der Waals surface area contributed by atoms with Gasteiger partial charge in [-0.1, -0.05) is 34.1 Å². The zero-order chi connectivity index (χ0) is 23.4. The number of nitrogens with zero attached hydrogens (tertiary/aromatic N) is 4. The molecule has 0 saturated carbocycles. The average Bonchev–Trinajstić information content (AvgIpc) is 3.15. The third kappa shape index (κ3) is 5.21. The van der Waals surface area contributed by atoms with Gasteiger partial charge in [0.05, 0.1) is 23.3 Å². The molecule has 2 aromatic carbocycles. The quantitative estimate of drug-likeness (QED) is 0.313. The highest BCUT2D eigenvalue weighted by molar-refractivity contribution is 9.10. The second-order valence-electron chi connectivity index (χ2n) is 7.54. The third-order valence-electron chi connectivity index (χ3n) is 5.21. The van der Waals surface area contributed by atoms with Crippen LogP contribution in [-0.2, 0) is 17.7 Å². The maximum Gasteiger partial charge on any atom is 0.215 e. The van der Waals surface area contributed by atoms with Gasteiger partial charge in [-0.15, -0.1) is 0 Å². The normalized spacial score (nSPS) is 12.0. The summed E-state index contributed by atoms with van der Waals surface area (Å²) in [5.41, 5.74) is 3.57. The zero-order valence-corrected chi connectivity index (χ0v) is 19.8. The molecule has 1 unspecified atom stereocenters. The number of halogens is 2. The molecule has 2 aromatic heterocycles. The van der Waals surface area contributed by atoms with Crippen molar-refractivity contribution < 1.29 is 13.9 Å². The largest absolute Gasteiger partial charge is 0.459 e. The van der Waals surface area contributed by atoms with Crippen molar-refractivity contribution in [1.29, 1.82) is 5.26 Å². The molecule has 0 aliphatic rings. The Morgan fingerprint density at radius 3 is 2.76 bits per heavy atom. The SMILES string of the molecule is COCCn1c(Cc2ccc(-c3cccc(OC(C)C#N)n3)cc2F)nc2ccc(Br)cc21. The summed E-state index contributed by atoms with van der Waals surface area (Å²) in [7, 11) is 1.65. The van der Waals surface area contributed by atoms with Crippen LogP contribution in [0.25, 0.3) is 22.3 Å². The van der Waals surface area contributed by atoms with Crippen molar-refractivity contribution in [2.75, 3.05) is 13.7 Å². The lowest BCUT2D eigenvalue weighted by atomic mass is 10.1. The van der Waals surface area contributed by atoms with Gasteiger partial charge < -0.3 is 14.0 Å². The summed E-state index contributed by atoms with van der Waals surface area (Å²) in [6.45, 7) is 2.79. The Bertz CT molecular complexity index is 1330. The summed E-state index contributed by atoms with van der Waals surface area (Å²) in [6, 6.07) is 18.2. The monoisotopic (exact) mass is 508 g/mol. The number of pyridine rings is 1. The molecule has 1 atom stereocenters. The predicted molar refractivity (Wildman–Crippen MR) is 127 cm³/mol. The Labute approximate surface area is 199 Å². The van der Waals surface area contributed by atoms with E-state index < -0.39 is 6.10 Å². The summed E-state index contributed by atoms with van der Waals surface area (Å²) in [5, 5.41) is 8.93. The summed E-state index contributed by atoms with van der Waals surface area (Å²) >= 11 is 3.51. The van der Waals surface area contributed by atoms with Crippen LogP contribution in [0.15, 0.2) is 59.1 Å². The van der Waals surface area contributed by atoms with Gasteiger partial charge in [0.1, 0.15) is 17.7 Å². The number of imidazole rings is 1. The first kappa shape index (κ1) is 22.9. The van der Waals surface area contributed by atoms with Crippen LogP contribution in [0.2, 0.25) is 0 Å². The number of fused-ring (bicyclic) bond motifs is 1. The van der Waals surface area contributed by atoms with Gasteiger partial charge in [-0.2, -0.15) is 5.26 Å². The van der Waals surface area contributed by atoms with Crippen molar-refractivity contribution >= 4 is 27.0 Å². The fourth-order valence-electron chi connectivity index (χ4n) is 3.58. The van der Waals surface area contributed by atoms with Gasteiger partial charge in [0.25, 0.3) is 0 Å². The number of aromatic nitrogens is 3. The number of rotatable bonds is 8. The molecule has 0 spiro atoms. The topological polar surface area (TPSA) is 73.0 Å². The molecule has 4 rings (SSSR count). The Kier molecular flexibility index (Phi) is 7.02. The van der Waals surface area contributed by atoms with E-state index in [2.05, 4.69) is 25.5 Å². The lowest BCUT2D eigenvalue weighted by Gasteiger charge is -2.11. The molecule has 0 aliphatic carbocycles. The van der Waals surface area contributed by atoms with Crippen molar-refractivity contribution in [2.45, 2.75) is 26.0 Å². The van der Waals surface area contributed by atoms with E-state index >= 15 is 4.39 Å². The molecular weight excluding hydrogens is 487 g/mol. The van der Waals surface area contributed by atoms with E-state index in [1.807, 2.05) is 30.3 Å². The van der Waals surface area contributed by atoms with Crippen molar-refractivity contribution in [3.05, 3.63) is 76.3 Å². The van der Waals surface area contributed by atoms with Gasteiger partial charge in [-0.25, -0.2) is 14.4 Å². The number of benzene rings is 2.